The summed E-state index contributed by atoms with van der Waals surface area (Å²) in [7, 11) is -4.43. The lowest BCUT2D eigenvalue weighted by Crippen LogP contribution is -2.37. The molecule has 230 valence electrons. The molecule has 15 heteroatoms. The summed E-state index contributed by atoms with van der Waals surface area (Å²) in [6, 6.07) is 10.4. The number of hydrogen-bond acceptors (Lipinski definition) is 12. The van der Waals surface area contributed by atoms with E-state index in [1.165, 1.54) is 41.4 Å². The van der Waals surface area contributed by atoms with Crippen LogP contribution >= 0.6 is 11.8 Å². The number of nitrogens with one attached hydrogen (secondary N) is 1. The Morgan fingerprint density at radius 1 is 1.00 bits per heavy atom. The SMILES string of the molecule is Nc1ncnc2c1ncn2[C@@H]1O[C@H](COS(=O)(=O)NC(=O)CCCCCCCCCCSc2ccccc2)[C@@H](O)[C@H]1O. The van der Waals surface area contributed by atoms with E-state index in [4.69, 9.17) is 14.7 Å². The number of benzene rings is 1. The minimum atomic E-state index is -4.43. The first-order valence-corrected chi connectivity index (χ1v) is 16.5. The monoisotopic (exact) mass is 622 g/mol. The molecule has 5 N–H and O–H groups in total. The molecular weight excluding hydrogens is 584 g/mol. The minimum absolute atomic E-state index is 0.0569. The van der Waals surface area contributed by atoms with Gasteiger partial charge in [0.15, 0.2) is 17.7 Å². The van der Waals surface area contributed by atoms with Crippen LogP contribution in [0.15, 0.2) is 47.9 Å². The van der Waals surface area contributed by atoms with Crippen molar-refractivity contribution in [3.8, 4) is 0 Å². The van der Waals surface area contributed by atoms with Crippen molar-refractivity contribution in [3.63, 3.8) is 0 Å². The normalized spacial score (nSPS) is 20.7. The first-order valence-electron chi connectivity index (χ1n) is 14.1. The number of nitrogen functional groups attached to an aromatic ring is 1. The molecule has 1 saturated heterocycles. The molecular formula is C27H38N6O7S2. The fourth-order valence-corrected chi connectivity index (χ4v) is 6.37. The molecule has 0 spiro atoms. The molecule has 1 aliphatic rings. The van der Waals surface area contributed by atoms with Crippen LogP contribution in [0.3, 0.4) is 0 Å². The summed E-state index contributed by atoms with van der Waals surface area (Å²) in [4.78, 5) is 25.5. The number of carbonyl (C=O) groups is 1. The van der Waals surface area contributed by atoms with E-state index < -0.39 is 47.4 Å². The van der Waals surface area contributed by atoms with Crippen molar-refractivity contribution in [2.24, 2.45) is 0 Å². The van der Waals surface area contributed by atoms with E-state index in [0.29, 0.717) is 6.42 Å². The van der Waals surface area contributed by atoms with Gasteiger partial charge in [0.1, 0.15) is 30.2 Å². The number of hydrogen-bond donors (Lipinski definition) is 4. The molecule has 0 unspecified atom stereocenters. The molecule has 3 aromatic rings. The molecule has 1 fully saturated rings. The third kappa shape index (κ3) is 9.09. The van der Waals surface area contributed by atoms with Crippen molar-refractivity contribution in [1.29, 1.82) is 0 Å². The number of unbranched alkanes of at least 4 members (excludes halogenated alkanes) is 7. The highest BCUT2D eigenvalue weighted by Gasteiger charge is 2.45. The maximum Gasteiger partial charge on any atom is 0.362 e. The summed E-state index contributed by atoms with van der Waals surface area (Å²) in [5, 5.41) is 20.9. The lowest BCUT2D eigenvalue weighted by Gasteiger charge is -2.16. The van der Waals surface area contributed by atoms with Gasteiger partial charge in [0, 0.05) is 11.3 Å². The van der Waals surface area contributed by atoms with Crippen molar-refractivity contribution in [1.82, 2.24) is 24.2 Å². The number of thioether (sulfide) groups is 1. The summed E-state index contributed by atoms with van der Waals surface area (Å²) in [6.45, 7) is -0.619. The highest BCUT2D eigenvalue weighted by molar-refractivity contribution is 7.99. The number of carbonyl (C=O) groups excluding carboxylic acids is 1. The average molecular weight is 623 g/mol. The number of fused-ring (bicyclic) bond motifs is 1. The van der Waals surface area contributed by atoms with Gasteiger partial charge in [0.25, 0.3) is 0 Å². The predicted molar refractivity (Wildman–Crippen MR) is 157 cm³/mol. The second-order valence-corrected chi connectivity index (χ2v) is 12.6. The summed E-state index contributed by atoms with van der Waals surface area (Å²) in [5.41, 5.74) is 6.34. The number of aliphatic hydroxyl groups excluding tert-OH is 2. The highest BCUT2D eigenvalue weighted by atomic mass is 32.2. The van der Waals surface area contributed by atoms with Crippen LogP contribution in [0.5, 0.6) is 0 Å². The summed E-state index contributed by atoms with van der Waals surface area (Å²) in [6.07, 6.45) is 5.58. The number of anilines is 1. The number of aliphatic hydroxyl groups is 2. The molecule has 1 aromatic carbocycles. The molecule has 42 heavy (non-hydrogen) atoms. The zero-order valence-electron chi connectivity index (χ0n) is 23.2. The smallest absolute Gasteiger partial charge is 0.362 e. The standard InChI is InChI=1S/C27H38N6O7S2/c28-25-22-26(30-17-29-25)33(18-31-22)27-24(36)23(35)20(40-27)16-39-42(37,38)32-21(34)14-10-5-3-1-2-4-6-11-15-41-19-12-8-7-9-13-19/h7-9,12-13,17-18,20,23-24,27,35-36H,1-6,10-11,14-16H2,(H,32,34)(H2,28,29,30)/t20-,23-,24-,27-/m1/s1. The van der Waals surface area contributed by atoms with Gasteiger partial charge >= 0.3 is 10.3 Å². The van der Waals surface area contributed by atoms with E-state index in [0.717, 1.165) is 31.4 Å². The van der Waals surface area contributed by atoms with E-state index >= 15 is 0 Å². The third-order valence-corrected chi connectivity index (χ3v) is 8.96. The van der Waals surface area contributed by atoms with Crippen LogP contribution in [0.4, 0.5) is 5.82 Å². The maximum absolute atomic E-state index is 12.3. The van der Waals surface area contributed by atoms with Crippen molar-refractivity contribution in [3.05, 3.63) is 43.0 Å². The molecule has 1 amide bonds. The van der Waals surface area contributed by atoms with Gasteiger partial charge in [-0.05, 0) is 30.7 Å². The first-order chi connectivity index (χ1) is 20.2. The molecule has 0 bridgehead atoms. The van der Waals surface area contributed by atoms with Crippen molar-refractivity contribution in [2.75, 3.05) is 18.1 Å². The lowest BCUT2D eigenvalue weighted by molar-refractivity contribution is -0.119. The van der Waals surface area contributed by atoms with E-state index in [2.05, 4.69) is 39.2 Å². The number of amides is 1. The van der Waals surface area contributed by atoms with Crippen LogP contribution in [0.1, 0.15) is 64.0 Å². The molecule has 0 aliphatic carbocycles. The number of ether oxygens (including phenoxy) is 1. The largest absolute Gasteiger partial charge is 0.387 e. The average Bonchev–Trinajstić information content (AvgIpc) is 3.52. The Hall–Kier alpha value is -2.82. The second-order valence-electron chi connectivity index (χ2n) is 10.1. The topological polar surface area (TPSA) is 192 Å². The van der Waals surface area contributed by atoms with Gasteiger partial charge in [0.2, 0.25) is 5.91 Å². The highest BCUT2D eigenvalue weighted by Crippen LogP contribution is 2.32. The van der Waals surface area contributed by atoms with Crippen molar-refractivity contribution >= 4 is 45.0 Å². The van der Waals surface area contributed by atoms with Gasteiger partial charge in [0.05, 0.1) is 12.9 Å². The molecule has 3 heterocycles. The summed E-state index contributed by atoms with van der Waals surface area (Å²) in [5.74, 6) is 0.587. The van der Waals surface area contributed by atoms with E-state index in [1.807, 2.05) is 22.6 Å². The Kier molecular flexibility index (Phi) is 11.9. The zero-order chi connectivity index (χ0) is 30.0. The predicted octanol–water partition coefficient (Wildman–Crippen LogP) is 2.71. The van der Waals surface area contributed by atoms with Crippen molar-refractivity contribution in [2.45, 2.75) is 87.2 Å². The van der Waals surface area contributed by atoms with Gasteiger partial charge in [-0.3, -0.25) is 13.5 Å². The Labute approximate surface area is 249 Å². The Bertz CT molecular complexity index is 1390. The Balaban J connectivity index is 1.07. The van der Waals surface area contributed by atoms with Crippen LogP contribution in [0, 0.1) is 0 Å². The summed E-state index contributed by atoms with van der Waals surface area (Å²) >= 11 is 1.88. The van der Waals surface area contributed by atoms with E-state index in [9.17, 15) is 23.4 Å². The molecule has 13 nitrogen and oxygen atoms in total. The fourth-order valence-electron chi connectivity index (χ4n) is 4.68. The fraction of sp³-hybridized carbons (Fsp3) is 0.556. The molecule has 1 aliphatic heterocycles. The maximum atomic E-state index is 12.3. The van der Waals surface area contributed by atoms with E-state index in [1.54, 1.807) is 0 Å². The summed E-state index contributed by atoms with van der Waals surface area (Å²) < 4.78 is 38.3. The number of imidazole rings is 1. The third-order valence-electron chi connectivity index (χ3n) is 6.93. The van der Waals surface area contributed by atoms with Gasteiger partial charge in [-0.15, -0.1) is 11.8 Å². The van der Waals surface area contributed by atoms with Gasteiger partial charge in [-0.2, -0.15) is 8.42 Å². The van der Waals surface area contributed by atoms with Gasteiger partial charge in [-0.1, -0.05) is 56.7 Å². The van der Waals surface area contributed by atoms with Gasteiger partial charge < -0.3 is 20.7 Å². The first kappa shape index (κ1) is 32.1. The van der Waals surface area contributed by atoms with Crippen LogP contribution in [0.25, 0.3) is 11.2 Å². The molecule has 4 rings (SSSR count). The second kappa shape index (κ2) is 15.6. The molecule has 0 radical (unpaired) electrons. The van der Waals surface area contributed by atoms with E-state index in [-0.39, 0.29) is 23.4 Å². The van der Waals surface area contributed by atoms with Crippen LogP contribution < -0.4 is 10.5 Å². The minimum Gasteiger partial charge on any atom is -0.387 e. The number of nitrogens with two attached hydrogens (primary N) is 1. The Morgan fingerprint density at radius 2 is 1.69 bits per heavy atom. The number of aromatic nitrogens is 4. The number of nitrogens with zero attached hydrogens (tertiary/aromatic N) is 4. The lowest BCUT2D eigenvalue weighted by atomic mass is 10.1. The van der Waals surface area contributed by atoms with Crippen molar-refractivity contribution < 1.29 is 32.3 Å². The van der Waals surface area contributed by atoms with Crippen LogP contribution in [-0.4, -0.2) is 74.7 Å². The number of rotatable bonds is 17. The van der Waals surface area contributed by atoms with Crippen LogP contribution in [-0.2, 0) is 24.0 Å². The van der Waals surface area contributed by atoms with Crippen LogP contribution in [0.2, 0.25) is 0 Å². The molecule has 0 saturated carbocycles. The molecule has 2 aromatic heterocycles. The molecule has 4 atom stereocenters. The van der Waals surface area contributed by atoms with Gasteiger partial charge in [-0.25, -0.2) is 19.7 Å². The quantitative estimate of drug-likeness (QED) is 0.127. The zero-order valence-corrected chi connectivity index (χ0v) is 24.9. The Morgan fingerprint density at radius 3 is 2.43 bits per heavy atom.